The summed E-state index contributed by atoms with van der Waals surface area (Å²) < 4.78 is 29.4. The normalized spacial score (nSPS) is 24.9. The fourth-order valence-electron chi connectivity index (χ4n) is 3.75. The van der Waals surface area contributed by atoms with Crippen molar-refractivity contribution in [2.24, 2.45) is 0 Å². The van der Waals surface area contributed by atoms with Crippen molar-refractivity contribution >= 4 is 13.6 Å². The molecule has 3 rings (SSSR count). The second-order valence-electron chi connectivity index (χ2n) is 7.05. The second kappa shape index (κ2) is 10.2. The number of hydrogen-bond acceptors (Lipinski definition) is 6. The number of hydrogen-bond donors (Lipinski definition) is 0. The van der Waals surface area contributed by atoms with Crippen LogP contribution in [0.2, 0.25) is 0 Å². The molecular formula is C22H28NO5P. The van der Waals surface area contributed by atoms with Gasteiger partial charge < -0.3 is 13.8 Å². The van der Waals surface area contributed by atoms with Gasteiger partial charge in [-0.3, -0.25) is 14.3 Å². The highest BCUT2D eigenvalue weighted by atomic mass is 31.2. The average molecular weight is 417 g/mol. The molecule has 0 bridgehead atoms. The van der Waals surface area contributed by atoms with Gasteiger partial charge in [-0.15, -0.1) is 0 Å². The van der Waals surface area contributed by atoms with Gasteiger partial charge in [0, 0.05) is 20.1 Å². The zero-order chi connectivity index (χ0) is 20.7. The smallest absolute Gasteiger partial charge is 0.347 e. The van der Waals surface area contributed by atoms with Gasteiger partial charge in [0.2, 0.25) is 0 Å². The maximum absolute atomic E-state index is 13.5. The topological polar surface area (TPSA) is 65.1 Å². The minimum absolute atomic E-state index is 0.0586. The summed E-state index contributed by atoms with van der Waals surface area (Å²) in [6, 6.07) is 20.1. The number of benzene rings is 2. The zero-order valence-electron chi connectivity index (χ0n) is 16.9. The van der Waals surface area contributed by atoms with Gasteiger partial charge in [-0.2, -0.15) is 0 Å². The molecule has 0 aromatic heterocycles. The van der Waals surface area contributed by atoms with Gasteiger partial charge in [0.05, 0.1) is 19.8 Å². The molecule has 0 aliphatic carbocycles. The van der Waals surface area contributed by atoms with E-state index in [0.29, 0.717) is 19.4 Å². The summed E-state index contributed by atoms with van der Waals surface area (Å²) in [7, 11) is -0.548. The number of carbonyl (C=O) groups excluding carboxylic acids is 1. The Hall–Kier alpha value is -1.98. The van der Waals surface area contributed by atoms with Crippen LogP contribution in [-0.4, -0.2) is 37.5 Å². The van der Waals surface area contributed by atoms with Crippen LogP contribution >= 0.6 is 7.60 Å². The van der Waals surface area contributed by atoms with E-state index >= 15 is 0 Å². The fourth-order valence-corrected chi connectivity index (χ4v) is 5.72. The fraction of sp³-hybridized carbons (Fsp3) is 0.409. The molecule has 1 fully saturated rings. The Bertz CT molecular complexity index is 830. The molecule has 6 nitrogen and oxygen atoms in total. The first-order valence-corrected chi connectivity index (χ1v) is 11.4. The average Bonchev–Trinajstić information content (AvgIpc) is 2.77. The third kappa shape index (κ3) is 5.34. The largest absolute Gasteiger partial charge is 0.469 e. The maximum atomic E-state index is 13.5. The van der Waals surface area contributed by atoms with Gasteiger partial charge in [-0.1, -0.05) is 60.7 Å². The van der Waals surface area contributed by atoms with Crippen LogP contribution in [0.3, 0.4) is 0 Å². The molecular weight excluding hydrogens is 389 g/mol. The van der Waals surface area contributed by atoms with Crippen molar-refractivity contribution in [1.29, 1.82) is 0 Å². The van der Waals surface area contributed by atoms with Crippen LogP contribution in [0.4, 0.5) is 0 Å². The third-order valence-electron chi connectivity index (χ3n) is 5.28. The minimum Gasteiger partial charge on any atom is -0.469 e. The molecule has 1 aliphatic rings. The van der Waals surface area contributed by atoms with Crippen molar-refractivity contribution in [3.63, 3.8) is 0 Å². The van der Waals surface area contributed by atoms with E-state index in [1.165, 1.54) is 14.2 Å². The molecule has 2 aromatic rings. The molecule has 0 saturated carbocycles. The number of nitrogens with zero attached hydrogens (tertiary/aromatic N) is 1. The molecule has 3 atom stereocenters. The summed E-state index contributed by atoms with van der Waals surface area (Å²) in [5.41, 5.74) is 2.22. The lowest BCUT2D eigenvalue weighted by Gasteiger charge is -2.45. The van der Waals surface area contributed by atoms with Crippen molar-refractivity contribution in [1.82, 2.24) is 4.90 Å². The Morgan fingerprint density at radius 2 is 1.76 bits per heavy atom. The monoisotopic (exact) mass is 417 g/mol. The van der Waals surface area contributed by atoms with E-state index in [1.54, 1.807) is 0 Å². The Balaban J connectivity index is 1.91. The van der Waals surface area contributed by atoms with Crippen molar-refractivity contribution in [3.8, 4) is 0 Å². The molecule has 1 aliphatic heterocycles. The predicted octanol–water partition coefficient (Wildman–Crippen LogP) is 4.77. The summed E-state index contributed by atoms with van der Waals surface area (Å²) in [6.45, 7) is 0.898. The highest BCUT2D eigenvalue weighted by molar-refractivity contribution is 7.54. The molecule has 0 radical (unpaired) electrons. The van der Waals surface area contributed by atoms with E-state index < -0.39 is 13.4 Å². The number of carbonyl (C=O) groups is 1. The molecule has 2 aromatic carbocycles. The summed E-state index contributed by atoms with van der Waals surface area (Å²) in [5, 5.41) is 0. The van der Waals surface area contributed by atoms with Gasteiger partial charge >= 0.3 is 13.6 Å². The Morgan fingerprint density at radius 3 is 2.38 bits per heavy atom. The van der Waals surface area contributed by atoms with Crippen LogP contribution in [0.15, 0.2) is 60.7 Å². The molecule has 1 unspecified atom stereocenters. The van der Waals surface area contributed by atoms with Gasteiger partial charge in [-0.05, 0) is 24.0 Å². The van der Waals surface area contributed by atoms with Gasteiger partial charge in [0.1, 0.15) is 5.78 Å². The summed E-state index contributed by atoms with van der Waals surface area (Å²) in [4.78, 5) is 13.8. The van der Waals surface area contributed by atoms with Gasteiger partial charge in [0.15, 0.2) is 0 Å². The van der Waals surface area contributed by atoms with Crippen molar-refractivity contribution < 1.29 is 23.1 Å². The number of ether oxygens (including phenoxy) is 1. The molecule has 156 valence electrons. The van der Waals surface area contributed by atoms with Crippen LogP contribution in [0.5, 0.6) is 0 Å². The van der Waals surface area contributed by atoms with Crippen LogP contribution in [0, 0.1) is 0 Å². The molecule has 1 heterocycles. The highest BCUT2D eigenvalue weighted by Gasteiger charge is 2.46. The summed E-state index contributed by atoms with van der Waals surface area (Å²) >= 11 is 0. The molecule has 1 saturated heterocycles. The minimum atomic E-state index is -3.35. The molecule has 7 heteroatoms. The lowest BCUT2D eigenvalue weighted by Crippen LogP contribution is -2.44. The van der Waals surface area contributed by atoms with Crippen molar-refractivity contribution in [2.45, 2.75) is 37.6 Å². The highest BCUT2D eigenvalue weighted by Crippen LogP contribution is 2.60. The third-order valence-corrected chi connectivity index (χ3v) is 7.58. The maximum Gasteiger partial charge on any atom is 0.347 e. The van der Waals surface area contributed by atoms with Crippen molar-refractivity contribution in [3.05, 3.63) is 71.8 Å². The van der Waals surface area contributed by atoms with E-state index in [9.17, 15) is 9.36 Å². The molecule has 0 amide bonds. The Morgan fingerprint density at radius 1 is 1.10 bits per heavy atom. The number of rotatable bonds is 8. The van der Waals surface area contributed by atoms with Gasteiger partial charge in [0.25, 0.3) is 0 Å². The first-order chi connectivity index (χ1) is 14.1. The van der Waals surface area contributed by atoms with Crippen LogP contribution in [0.25, 0.3) is 0 Å². The van der Waals surface area contributed by atoms with E-state index in [2.05, 4.69) is 29.2 Å². The predicted molar refractivity (Wildman–Crippen MR) is 111 cm³/mol. The molecule has 29 heavy (non-hydrogen) atoms. The van der Waals surface area contributed by atoms with E-state index in [0.717, 1.165) is 11.1 Å². The first-order valence-electron chi connectivity index (χ1n) is 9.79. The first kappa shape index (κ1) is 21.7. The van der Waals surface area contributed by atoms with Crippen molar-refractivity contribution in [2.75, 3.05) is 20.8 Å². The number of methoxy groups -OCH3 is 1. The Labute approximate surface area is 172 Å². The van der Waals surface area contributed by atoms with E-state index in [1.807, 2.05) is 36.4 Å². The SMILES string of the molecule is COC(=O)CCC[C@H]1N(Cc2ccccc2)[C@H](c2ccccc2)COP1(=O)OC. The lowest BCUT2D eigenvalue weighted by molar-refractivity contribution is -0.140. The van der Waals surface area contributed by atoms with Crippen LogP contribution in [-0.2, 0) is 29.7 Å². The van der Waals surface area contributed by atoms with Crippen LogP contribution in [0.1, 0.15) is 36.4 Å². The zero-order valence-corrected chi connectivity index (χ0v) is 17.8. The number of esters is 1. The van der Waals surface area contributed by atoms with E-state index in [-0.39, 0.29) is 25.0 Å². The lowest BCUT2D eigenvalue weighted by atomic mass is 10.0. The van der Waals surface area contributed by atoms with Crippen LogP contribution < -0.4 is 0 Å². The molecule has 0 N–H and O–H groups in total. The Kier molecular flexibility index (Phi) is 7.62. The van der Waals surface area contributed by atoms with Gasteiger partial charge in [-0.25, -0.2) is 0 Å². The second-order valence-corrected chi connectivity index (χ2v) is 9.35. The summed E-state index contributed by atoms with van der Waals surface area (Å²) in [5.74, 6) is -0.723. The quantitative estimate of drug-likeness (QED) is 0.455. The van der Waals surface area contributed by atoms with E-state index in [4.69, 9.17) is 13.8 Å². The molecule has 0 spiro atoms. The standard InChI is InChI=1S/C22H28NO5P/c1-26-22(24)15-9-14-21-23(16-18-10-5-3-6-11-18)20(17-28-29(21,25)27-2)19-12-7-4-8-13-19/h3-8,10-13,20-21H,9,14-17H2,1-2H3/t20-,21-,29?/m0/s1. The summed E-state index contributed by atoms with van der Waals surface area (Å²) in [6.07, 6.45) is 1.32.